The molecular weight excluding hydrogens is 297 g/mol. The third kappa shape index (κ3) is 2.14. The van der Waals surface area contributed by atoms with Gasteiger partial charge in [0.1, 0.15) is 23.2 Å². The molecule has 0 aliphatic heterocycles. The van der Waals surface area contributed by atoms with Gasteiger partial charge in [-0.1, -0.05) is 0 Å². The monoisotopic (exact) mass is 311 g/mol. The van der Waals surface area contributed by atoms with E-state index in [9.17, 15) is 4.39 Å². The lowest BCUT2D eigenvalue weighted by molar-refractivity contribution is 0.590. The maximum absolute atomic E-state index is 13.2. The largest absolute Gasteiger partial charge is 0.383 e. The summed E-state index contributed by atoms with van der Waals surface area (Å²) in [6.07, 6.45) is 0. The highest BCUT2D eigenvalue weighted by Gasteiger charge is 2.16. The quantitative estimate of drug-likeness (QED) is 0.913. The molecule has 0 fully saturated rings. The summed E-state index contributed by atoms with van der Waals surface area (Å²) in [6.45, 7) is 6.02. The van der Waals surface area contributed by atoms with Gasteiger partial charge in [-0.2, -0.15) is 0 Å². The number of anilines is 1. The predicted octanol–water partition coefficient (Wildman–Crippen LogP) is 3.92. The second-order valence-electron chi connectivity index (χ2n) is 4.49. The highest BCUT2D eigenvalue weighted by atomic mass is 79.9. The summed E-state index contributed by atoms with van der Waals surface area (Å²) < 4.78 is 15.6. The van der Waals surface area contributed by atoms with Crippen LogP contribution in [0.3, 0.4) is 0 Å². The summed E-state index contributed by atoms with van der Waals surface area (Å²) in [5.74, 6) is 1.18. The maximum Gasteiger partial charge on any atom is 0.137 e. The molecule has 1 heterocycles. The summed E-state index contributed by atoms with van der Waals surface area (Å²) in [6, 6.07) is 5.03. The molecule has 0 saturated carbocycles. The summed E-state index contributed by atoms with van der Waals surface area (Å²) in [5, 5.41) is 0. The molecule has 0 amide bonds. The van der Waals surface area contributed by atoms with Crippen LogP contribution in [0.25, 0.3) is 11.3 Å². The lowest BCUT2D eigenvalue weighted by Gasteiger charge is -2.11. The molecule has 5 heteroatoms. The van der Waals surface area contributed by atoms with E-state index in [1.54, 1.807) is 12.1 Å². The van der Waals surface area contributed by atoms with Crippen LogP contribution in [0.4, 0.5) is 10.2 Å². The van der Waals surface area contributed by atoms with Crippen LogP contribution in [0.15, 0.2) is 22.7 Å². The van der Waals surface area contributed by atoms with E-state index >= 15 is 0 Å². The van der Waals surface area contributed by atoms with Gasteiger partial charge in [0.05, 0.1) is 4.47 Å². The first-order valence-corrected chi connectivity index (χ1v) is 6.50. The fourth-order valence-corrected chi connectivity index (χ4v) is 2.45. The first-order valence-electron chi connectivity index (χ1n) is 5.71. The molecule has 2 rings (SSSR count). The number of hydrogen-bond donors (Lipinski definition) is 1. The Labute approximate surface area is 114 Å². The molecule has 18 heavy (non-hydrogen) atoms. The van der Waals surface area contributed by atoms with Crippen molar-refractivity contribution in [2.45, 2.75) is 26.8 Å². The van der Waals surface area contributed by atoms with E-state index in [0.29, 0.717) is 16.0 Å². The molecule has 0 aliphatic carbocycles. The van der Waals surface area contributed by atoms with E-state index in [1.807, 2.05) is 11.5 Å². The van der Waals surface area contributed by atoms with Gasteiger partial charge in [0.2, 0.25) is 0 Å². The Kier molecular flexibility index (Phi) is 3.43. The maximum atomic E-state index is 13.2. The highest BCUT2D eigenvalue weighted by molar-refractivity contribution is 9.10. The molecule has 2 N–H and O–H groups in total. The van der Waals surface area contributed by atoms with Crippen molar-refractivity contribution >= 4 is 21.7 Å². The second kappa shape index (κ2) is 4.72. The molecule has 3 nitrogen and oxygen atoms in total. The molecule has 0 aliphatic rings. The number of benzene rings is 1. The standard InChI is InChI=1S/C13H15BrFN3/c1-7(2)18-8(3)17-12(13(18)16)9-4-5-11(15)10(14)6-9/h4-7H,16H2,1-3H3. The molecule has 0 unspecified atom stereocenters. The molecule has 0 bridgehead atoms. The average molecular weight is 312 g/mol. The Morgan fingerprint density at radius 1 is 1.39 bits per heavy atom. The van der Waals surface area contributed by atoms with Gasteiger partial charge in [-0.25, -0.2) is 9.37 Å². The van der Waals surface area contributed by atoms with Crippen LogP contribution in [0.5, 0.6) is 0 Å². The number of aromatic nitrogens is 2. The fourth-order valence-electron chi connectivity index (χ4n) is 2.07. The Balaban J connectivity index is 2.58. The van der Waals surface area contributed by atoms with Crippen molar-refractivity contribution in [3.05, 3.63) is 34.3 Å². The van der Waals surface area contributed by atoms with E-state index in [1.165, 1.54) is 6.07 Å². The zero-order valence-electron chi connectivity index (χ0n) is 10.5. The summed E-state index contributed by atoms with van der Waals surface area (Å²) in [7, 11) is 0. The predicted molar refractivity (Wildman–Crippen MR) is 74.9 cm³/mol. The van der Waals surface area contributed by atoms with Gasteiger partial charge in [0, 0.05) is 11.6 Å². The van der Waals surface area contributed by atoms with Crippen molar-refractivity contribution in [2.75, 3.05) is 5.73 Å². The number of nitrogens with two attached hydrogens (primary N) is 1. The number of rotatable bonds is 2. The molecule has 0 atom stereocenters. The van der Waals surface area contributed by atoms with Crippen molar-refractivity contribution in [1.82, 2.24) is 9.55 Å². The van der Waals surface area contributed by atoms with Crippen LogP contribution < -0.4 is 5.73 Å². The van der Waals surface area contributed by atoms with Crippen molar-refractivity contribution in [3.63, 3.8) is 0 Å². The van der Waals surface area contributed by atoms with Crippen LogP contribution in [-0.4, -0.2) is 9.55 Å². The van der Waals surface area contributed by atoms with Crippen LogP contribution in [-0.2, 0) is 0 Å². The van der Waals surface area contributed by atoms with Gasteiger partial charge >= 0.3 is 0 Å². The van der Waals surface area contributed by atoms with Crippen molar-refractivity contribution in [1.29, 1.82) is 0 Å². The minimum absolute atomic E-state index is 0.245. The number of aryl methyl sites for hydroxylation is 1. The second-order valence-corrected chi connectivity index (χ2v) is 5.34. The van der Waals surface area contributed by atoms with Gasteiger partial charge in [-0.05, 0) is 54.9 Å². The molecule has 2 aromatic rings. The van der Waals surface area contributed by atoms with Gasteiger partial charge < -0.3 is 10.3 Å². The third-order valence-corrected chi connectivity index (χ3v) is 3.44. The van der Waals surface area contributed by atoms with Crippen LogP contribution >= 0.6 is 15.9 Å². The lowest BCUT2D eigenvalue weighted by atomic mass is 10.1. The SMILES string of the molecule is Cc1nc(-c2ccc(F)c(Br)c2)c(N)n1C(C)C. The number of nitrogens with zero attached hydrogens (tertiary/aromatic N) is 2. The topological polar surface area (TPSA) is 43.8 Å². The number of halogens is 2. The molecule has 0 radical (unpaired) electrons. The van der Waals surface area contributed by atoms with E-state index < -0.39 is 0 Å². The van der Waals surface area contributed by atoms with E-state index in [4.69, 9.17) is 5.73 Å². The molecular formula is C13H15BrFN3. The Morgan fingerprint density at radius 3 is 2.56 bits per heavy atom. The Bertz CT molecular complexity index is 590. The van der Waals surface area contributed by atoms with Gasteiger partial charge in [0.25, 0.3) is 0 Å². The third-order valence-electron chi connectivity index (χ3n) is 2.83. The van der Waals surface area contributed by atoms with Crippen LogP contribution in [0.2, 0.25) is 0 Å². The fraction of sp³-hybridized carbons (Fsp3) is 0.308. The normalized spacial score (nSPS) is 11.2. The van der Waals surface area contributed by atoms with E-state index in [2.05, 4.69) is 34.8 Å². The van der Waals surface area contributed by atoms with E-state index in [-0.39, 0.29) is 11.9 Å². The van der Waals surface area contributed by atoms with Gasteiger partial charge in [-0.3, -0.25) is 0 Å². The number of hydrogen-bond acceptors (Lipinski definition) is 2. The van der Waals surface area contributed by atoms with Crippen molar-refractivity contribution in [3.8, 4) is 11.3 Å². The lowest BCUT2D eigenvalue weighted by Crippen LogP contribution is -2.07. The first kappa shape index (κ1) is 13.1. The smallest absolute Gasteiger partial charge is 0.137 e. The van der Waals surface area contributed by atoms with Crippen molar-refractivity contribution < 1.29 is 4.39 Å². The number of nitrogen functional groups attached to an aromatic ring is 1. The molecule has 1 aromatic heterocycles. The summed E-state index contributed by atoms with van der Waals surface area (Å²) in [4.78, 5) is 4.47. The molecule has 0 spiro atoms. The Morgan fingerprint density at radius 2 is 2.06 bits per heavy atom. The van der Waals surface area contributed by atoms with E-state index in [0.717, 1.165) is 11.4 Å². The summed E-state index contributed by atoms with van der Waals surface area (Å²) in [5.41, 5.74) is 7.62. The molecule has 0 saturated heterocycles. The summed E-state index contributed by atoms with van der Waals surface area (Å²) >= 11 is 3.17. The zero-order chi connectivity index (χ0) is 13.4. The average Bonchev–Trinajstić information content (AvgIpc) is 2.58. The molecule has 96 valence electrons. The number of imidazole rings is 1. The van der Waals surface area contributed by atoms with Gasteiger partial charge in [-0.15, -0.1) is 0 Å². The van der Waals surface area contributed by atoms with Crippen LogP contribution in [0, 0.1) is 12.7 Å². The van der Waals surface area contributed by atoms with Crippen molar-refractivity contribution in [2.24, 2.45) is 0 Å². The molecule has 1 aromatic carbocycles. The minimum atomic E-state index is -0.294. The van der Waals surface area contributed by atoms with Gasteiger partial charge in [0.15, 0.2) is 0 Å². The highest BCUT2D eigenvalue weighted by Crippen LogP contribution is 2.31. The Hall–Kier alpha value is -1.36. The minimum Gasteiger partial charge on any atom is -0.383 e. The first-order chi connectivity index (χ1) is 8.41. The zero-order valence-corrected chi connectivity index (χ0v) is 12.1. The van der Waals surface area contributed by atoms with Crippen LogP contribution in [0.1, 0.15) is 25.7 Å².